The van der Waals surface area contributed by atoms with Crippen LogP contribution >= 0.6 is 11.6 Å². The van der Waals surface area contributed by atoms with Gasteiger partial charge in [-0.15, -0.1) is 0 Å². The normalized spacial score (nSPS) is 19.8. The molecule has 0 bridgehead atoms. The van der Waals surface area contributed by atoms with E-state index in [-0.39, 0.29) is 12.3 Å². The lowest BCUT2D eigenvalue weighted by atomic mass is 9.84. The number of nitrogens with zero attached hydrogens (tertiary/aromatic N) is 1. The average Bonchev–Trinajstić information content (AvgIpc) is 2.56. The van der Waals surface area contributed by atoms with E-state index >= 15 is 0 Å². The van der Waals surface area contributed by atoms with Gasteiger partial charge in [0, 0.05) is 30.6 Å². The first kappa shape index (κ1) is 18.9. The van der Waals surface area contributed by atoms with Gasteiger partial charge in [0.15, 0.2) is 11.5 Å². The van der Waals surface area contributed by atoms with Crippen LogP contribution in [0.15, 0.2) is 12.1 Å². The summed E-state index contributed by atoms with van der Waals surface area (Å²) in [6, 6.07) is 3.70. The molecule has 1 aromatic carbocycles. The summed E-state index contributed by atoms with van der Waals surface area (Å²) in [6.07, 6.45) is 2.40. The van der Waals surface area contributed by atoms with Gasteiger partial charge in [0.2, 0.25) is 0 Å². The molecule has 0 spiro atoms. The number of hydrogen-bond acceptors (Lipinski definition) is 4. The summed E-state index contributed by atoms with van der Waals surface area (Å²) >= 11 is 6.38. The lowest BCUT2D eigenvalue weighted by Crippen LogP contribution is -2.37. The maximum atomic E-state index is 10.9. The summed E-state index contributed by atoms with van der Waals surface area (Å²) in [6.45, 7) is 4.67. The average molecular weight is 356 g/mol. The second-order valence-corrected chi connectivity index (χ2v) is 6.92. The Kier molecular flexibility index (Phi) is 6.75. The minimum Gasteiger partial charge on any atom is -0.493 e. The highest BCUT2D eigenvalue weighted by molar-refractivity contribution is 6.31. The van der Waals surface area contributed by atoms with E-state index in [0.717, 1.165) is 38.0 Å². The highest BCUT2D eigenvalue weighted by atomic mass is 35.5. The van der Waals surface area contributed by atoms with Crippen LogP contribution in [0.4, 0.5) is 0 Å². The van der Waals surface area contributed by atoms with Crippen molar-refractivity contribution in [3.63, 3.8) is 0 Å². The molecule has 1 aliphatic rings. The molecule has 0 radical (unpaired) electrons. The number of piperidine rings is 1. The molecule has 24 heavy (non-hydrogen) atoms. The Morgan fingerprint density at radius 1 is 1.38 bits per heavy atom. The molecule has 1 N–H and O–H groups in total. The number of carboxylic acids is 1. The van der Waals surface area contributed by atoms with Crippen LogP contribution < -0.4 is 9.47 Å². The topological polar surface area (TPSA) is 59.0 Å². The van der Waals surface area contributed by atoms with Crippen LogP contribution in [0.3, 0.4) is 0 Å². The van der Waals surface area contributed by atoms with E-state index in [1.807, 2.05) is 13.0 Å². The van der Waals surface area contributed by atoms with Crippen molar-refractivity contribution >= 4 is 17.6 Å². The molecule has 2 rings (SSSR count). The second-order valence-electron chi connectivity index (χ2n) is 6.51. The summed E-state index contributed by atoms with van der Waals surface area (Å²) < 4.78 is 10.6. The second kappa shape index (κ2) is 8.58. The van der Waals surface area contributed by atoms with Gasteiger partial charge in [-0.3, -0.25) is 9.69 Å². The van der Waals surface area contributed by atoms with Crippen molar-refractivity contribution in [2.24, 2.45) is 11.8 Å². The van der Waals surface area contributed by atoms with Crippen molar-refractivity contribution in [3.05, 3.63) is 22.7 Å². The number of rotatable bonds is 7. The number of carboxylic acid groups (broad SMARTS) is 1. The summed E-state index contributed by atoms with van der Waals surface area (Å²) in [5.41, 5.74) is 1.00. The van der Waals surface area contributed by atoms with Crippen LogP contribution in [0.1, 0.15) is 31.7 Å². The minimum absolute atomic E-state index is 0.186. The highest BCUT2D eigenvalue weighted by Gasteiger charge is 2.26. The van der Waals surface area contributed by atoms with E-state index in [2.05, 4.69) is 4.90 Å². The molecule has 0 saturated carbocycles. The fourth-order valence-corrected chi connectivity index (χ4v) is 3.61. The highest BCUT2D eigenvalue weighted by Crippen LogP contribution is 2.34. The molecule has 0 aliphatic carbocycles. The Morgan fingerprint density at radius 3 is 2.67 bits per heavy atom. The minimum atomic E-state index is -0.720. The number of ether oxygens (including phenoxy) is 2. The van der Waals surface area contributed by atoms with Gasteiger partial charge in [-0.1, -0.05) is 18.5 Å². The third kappa shape index (κ3) is 4.77. The molecule has 134 valence electrons. The molecule has 0 aromatic heterocycles. The lowest BCUT2D eigenvalue weighted by molar-refractivity contribution is -0.138. The number of aliphatic carboxylic acids is 1. The molecule has 1 aliphatic heterocycles. The predicted molar refractivity (Wildman–Crippen MR) is 94.0 cm³/mol. The lowest BCUT2D eigenvalue weighted by Gasteiger charge is -2.35. The molecule has 2 unspecified atom stereocenters. The molecular weight excluding hydrogens is 330 g/mol. The van der Waals surface area contributed by atoms with E-state index < -0.39 is 5.97 Å². The van der Waals surface area contributed by atoms with Crippen LogP contribution in [0.5, 0.6) is 11.5 Å². The molecule has 6 heteroatoms. The number of benzene rings is 1. The number of methoxy groups -OCH3 is 2. The number of hydrogen-bond donors (Lipinski definition) is 1. The Morgan fingerprint density at radius 2 is 2.04 bits per heavy atom. The van der Waals surface area contributed by atoms with Gasteiger partial charge in [-0.2, -0.15) is 0 Å². The van der Waals surface area contributed by atoms with Crippen LogP contribution in [0, 0.1) is 11.8 Å². The molecule has 1 aromatic rings. The Hall–Kier alpha value is -1.46. The monoisotopic (exact) mass is 355 g/mol. The SMILES string of the molecule is COc1cc(Cl)c(CN2CCCC(C(C)CC(=O)O)C2)cc1OC. The molecule has 1 heterocycles. The van der Waals surface area contributed by atoms with Gasteiger partial charge in [0.25, 0.3) is 0 Å². The zero-order valence-corrected chi connectivity index (χ0v) is 15.3. The fourth-order valence-electron chi connectivity index (χ4n) is 3.40. The number of carbonyl (C=O) groups is 1. The summed E-state index contributed by atoms with van der Waals surface area (Å²) in [7, 11) is 3.20. The van der Waals surface area contributed by atoms with E-state index in [0.29, 0.717) is 22.4 Å². The van der Waals surface area contributed by atoms with Crippen molar-refractivity contribution in [2.45, 2.75) is 32.7 Å². The third-order valence-electron chi connectivity index (χ3n) is 4.79. The summed E-state index contributed by atoms with van der Waals surface area (Å²) in [5, 5.41) is 9.66. The molecule has 2 atom stereocenters. The van der Waals surface area contributed by atoms with E-state index in [4.69, 9.17) is 26.2 Å². The first-order valence-electron chi connectivity index (χ1n) is 8.29. The zero-order valence-electron chi connectivity index (χ0n) is 14.5. The van der Waals surface area contributed by atoms with Crippen molar-refractivity contribution in [1.82, 2.24) is 4.90 Å². The third-order valence-corrected chi connectivity index (χ3v) is 5.14. The van der Waals surface area contributed by atoms with E-state index in [1.165, 1.54) is 0 Å². The van der Waals surface area contributed by atoms with Gasteiger partial charge in [0.05, 0.1) is 14.2 Å². The van der Waals surface area contributed by atoms with Gasteiger partial charge < -0.3 is 14.6 Å². The molecule has 0 amide bonds. The molecule has 5 nitrogen and oxygen atoms in total. The van der Waals surface area contributed by atoms with Gasteiger partial charge in [-0.05, 0) is 42.9 Å². The van der Waals surface area contributed by atoms with Crippen molar-refractivity contribution in [3.8, 4) is 11.5 Å². The Balaban J connectivity index is 2.06. The smallest absolute Gasteiger partial charge is 0.303 e. The Bertz CT molecular complexity index is 578. The van der Waals surface area contributed by atoms with Crippen LogP contribution in [0.2, 0.25) is 5.02 Å². The first-order chi connectivity index (χ1) is 11.4. The van der Waals surface area contributed by atoms with E-state index in [9.17, 15) is 4.79 Å². The zero-order chi connectivity index (χ0) is 17.7. The largest absolute Gasteiger partial charge is 0.493 e. The Labute approximate surface area is 148 Å². The van der Waals surface area contributed by atoms with Crippen molar-refractivity contribution in [2.75, 3.05) is 27.3 Å². The molecule has 1 saturated heterocycles. The standard InChI is InChI=1S/C18H26ClNO4/c1-12(7-18(21)22)13-5-4-6-20(10-13)11-14-8-16(23-2)17(24-3)9-15(14)19/h8-9,12-13H,4-7,10-11H2,1-3H3,(H,21,22). The fraction of sp³-hybridized carbons (Fsp3) is 0.611. The van der Waals surface area contributed by atoms with E-state index in [1.54, 1.807) is 20.3 Å². The van der Waals surface area contributed by atoms with Gasteiger partial charge >= 0.3 is 5.97 Å². The predicted octanol–water partition coefficient (Wildman–Crippen LogP) is 3.68. The number of halogens is 1. The van der Waals surface area contributed by atoms with Crippen LogP contribution in [0.25, 0.3) is 0 Å². The first-order valence-corrected chi connectivity index (χ1v) is 8.67. The summed E-state index contributed by atoms with van der Waals surface area (Å²) in [5.74, 6) is 1.17. The number of likely N-dealkylation sites (tertiary alicyclic amines) is 1. The van der Waals surface area contributed by atoms with Crippen molar-refractivity contribution in [1.29, 1.82) is 0 Å². The molecule has 1 fully saturated rings. The molecular formula is C18H26ClNO4. The quantitative estimate of drug-likeness (QED) is 0.808. The van der Waals surface area contributed by atoms with Crippen LogP contribution in [-0.4, -0.2) is 43.3 Å². The van der Waals surface area contributed by atoms with Gasteiger partial charge in [0.1, 0.15) is 0 Å². The maximum absolute atomic E-state index is 10.9. The van der Waals surface area contributed by atoms with Crippen molar-refractivity contribution < 1.29 is 19.4 Å². The van der Waals surface area contributed by atoms with Crippen LogP contribution in [-0.2, 0) is 11.3 Å². The maximum Gasteiger partial charge on any atom is 0.303 e. The van der Waals surface area contributed by atoms with Gasteiger partial charge in [-0.25, -0.2) is 0 Å². The summed E-state index contributed by atoms with van der Waals surface area (Å²) in [4.78, 5) is 13.3.